The molecule has 0 amide bonds. The average molecular weight is 279 g/mol. The highest BCUT2D eigenvalue weighted by Crippen LogP contribution is 2.29. The summed E-state index contributed by atoms with van der Waals surface area (Å²) in [5.41, 5.74) is 0. The van der Waals surface area contributed by atoms with E-state index in [1.165, 1.54) is 0 Å². The van der Waals surface area contributed by atoms with Crippen molar-refractivity contribution in [3.63, 3.8) is 0 Å². The molecule has 0 radical (unpaired) electrons. The minimum absolute atomic E-state index is 0.107. The Morgan fingerprint density at radius 2 is 1.58 bits per heavy atom. The zero-order chi connectivity index (χ0) is 14.0. The van der Waals surface area contributed by atoms with Gasteiger partial charge in [-0.3, -0.25) is 4.90 Å². The van der Waals surface area contributed by atoms with Gasteiger partial charge in [0.05, 0.1) is 0 Å². The summed E-state index contributed by atoms with van der Waals surface area (Å²) in [4.78, 5) is 5.70. The smallest absolute Gasteiger partial charge is 0.306 e. The maximum atomic E-state index is 13.1. The second-order valence-corrected chi connectivity index (χ2v) is 6.06. The molecule has 0 spiro atoms. The molecular formula is C13H24F3N3. The van der Waals surface area contributed by atoms with Crippen molar-refractivity contribution in [2.75, 3.05) is 53.4 Å². The van der Waals surface area contributed by atoms with Gasteiger partial charge in [-0.25, -0.2) is 0 Å². The first-order valence-electron chi connectivity index (χ1n) is 7.04. The number of alkyl halides is 3. The SMILES string of the molecule is CN1CCC(CN2CCN(C)C[C@@H]2C(F)(F)F)CC1. The van der Waals surface area contributed by atoms with Gasteiger partial charge in [-0.1, -0.05) is 0 Å². The van der Waals surface area contributed by atoms with Gasteiger partial charge in [-0.15, -0.1) is 0 Å². The average Bonchev–Trinajstić information content (AvgIpc) is 2.33. The minimum atomic E-state index is -4.11. The van der Waals surface area contributed by atoms with Gasteiger partial charge in [0.25, 0.3) is 0 Å². The lowest BCUT2D eigenvalue weighted by molar-refractivity contribution is -0.197. The van der Waals surface area contributed by atoms with Crippen LogP contribution in [0.5, 0.6) is 0 Å². The van der Waals surface area contributed by atoms with Crippen LogP contribution in [0.3, 0.4) is 0 Å². The van der Waals surface area contributed by atoms with Crippen molar-refractivity contribution in [2.24, 2.45) is 5.92 Å². The van der Waals surface area contributed by atoms with Crippen LogP contribution in [-0.2, 0) is 0 Å². The van der Waals surface area contributed by atoms with Crippen LogP contribution in [0.1, 0.15) is 12.8 Å². The van der Waals surface area contributed by atoms with E-state index in [2.05, 4.69) is 11.9 Å². The molecule has 0 aromatic carbocycles. The van der Waals surface area contributed by atoms with Crippen LogP contribution in [0.15, 0.2) is 0 Å². The van der Waals surface area contributed by atoms with E-state index in [0.29, 0.717) is 19.0 Å². The van der Waals surface area contributed by atoms with Gasteiger partial charge in [0.2, 0.25) is 0 Å². The molecular weight excluding hydrogens is 255 g/mol. The van der Waals surface area contributed by atoms with Gasteiger partial charge in [0, 0.05) is 26.2 Å². The molecule has 0 saturated carbocycles. The van der Waals surface area contributed by atoms with E-state index < -0.39 is 12.2 Å². The van der Waals surface area contributed by atoms with Gasteiger partial charge in [-0.05, 0) is 45.9 Å². The van der Waals surface area contributed by atoms with E-state index >= 15 is 0 Å². The molecule has 6 heteroatoms. The molecule has 0 unspecified atom stereocenters. The number of likely N-dealkylation sites (tertiary alicyclic amines) is 1. The van der Waals surface area contributed by atoms with E-state index in [1.807, 2.05) is 0 Å². The van der Waals surface area contributed by atoms with Crippen LogP contribution in [0.25, 0.3) is 0 Å². The van der Waals surface area contributed by atoms with Crippen molar-refractivity contribution in [2.45, 2.75) is 25.1 Å². The molecule has 0 aromatic heterocycles. The first-order chi connectivity index (χ1) is 8.86. The standard InChI is InChI=1S/C13H24F3N3/c1-17-5-3-11(4-6-17)9-19-8-7-18(2)10-12(19)13(14,15)16/h11-12H,3-10H2,1-2H3/t12-/m1/s1. The van der Waals surface area contributed by atoms with E-state index in [4.69, 9.17) is 0 Å². The van der Waals surface area contributed by atoms with Gasteiger partial charge >= 0.3 is 6.18 Å². The molecule has 2 fully saturated rings. The Morgan fingerprint density at radius 1 is 0.947 bits per heavy atom. The minimum Gasteiger partial charge on any atom is -0.306 e. The molecule has 0 aromatic rings. The van der Waals surface area contributed by atoms with Crippen LogP contribution in [0.4, 0.5) is 13.2 Å². The molecule has 2 aliphatic rings. The van der Waals surface area contributed by atoms with E-state index in [9.17, 15) is 13.2 Å². The Hall–Kier alpha value is -0.330. The lowest BCUT2D eigenvalue weighted by Crippen LogP contribution is -2.59. The van der Waals surface area contributed by atoms with Gasteiger partial charge in [-0.2, -0.15) is 13.2 Å². The van der Waals surface area contributed by atoms with Crippen LogP contribution < -0.4 is 0 Å². The molecule has 2 rings (SSSR count). The highest BCUT2D eigenvalue weighted by molar-refractivity contribution is 4.88. The van der Waals surface area contributed by atoms with Crippen molar-refractivity contribution < 1.29 is 13.2 Å². The molecule has 19 heavy (non-hydrogen) atoms. The third-order valence-corrected chi connectivity index (χ3v) is 4.40. The fraction of sp³-hybridized carbons (Fsp3) is 1.00. The molecule has 0 N–H and O–H groups in total. The Morgan fingerprint density at radius 3 is 2.16 bits per heavy atom. The van der Waals surface area contributed by atoms with Crippen molar-refractivity contribution in [1.29, 1.82) is 0 Å². The molecule has 2 heterocycles. The highest BCUT2D eigenvalue weighted by atomic mass is 19.4. The van der Waals surface area contributed by atoms with Gasteiger partial charge in [0.15, 0.2) is 0 Å². The Kier molecular flexibility index (Phi) is 4.74. The summed E-state index contributed by atoms with van der Waals surface area (Å²) in [7, 11) is 3.84. The van der Waals surface area contributed by atoms with Crippen molar-refractivity contribution >= 4 is 0 Å². The van der Waals surface area contributed by atoms with Crippen LogP contribution >= 0.6 is 0 Å². The lowest BCUT2D eigenvalue weighted by Gasteiger charge is -2.43. The Bertz CT molecular complexity index is 287. The number of hydrogen-bond donors (Lipinski definition) is 0. The largest absolute Gasteiger partial charge is 0.405 e. The van der Waals surface area contributed by atoms with Gasteiger partial charge in [0.1, 0.15) is 6.04 Å². The Labute approximate surface area is 113 Å². The summed E-state index contributed by atoms with van der Waals surface area (Å²) in [6, 6.07) is -1.29. The fourth-order valence-electron chi connectivity index (χ4n) is 3.06. The topological polar surface area (TPSA) is 9.72 Å². The summed E-state index contributed by atoms with van der Waals surface area (Å²) in [5.74, 6) is 0.421. The molecule has 2 saturated heterocycles. The van der Waals surface area contributed by atoms with Crippen LogP contribution in [0.2, 0.25) is 0 Å². The third-order valence-electron chi connectivity index (χ3n) is 4.40. The summed E-state index contributed by atoms with van der Waals surface area (Å²) in [6.45, 7) is 4.00. The predicted molar refractivity (Wildman–Crippen MR) is 69.1 cm³/mol. The highest BCUT2D eigenvalue weighted by Gasteiger charge is 2.46. The van der Waals surface area contributed by atoms with Crippen molar-refractivity contribution in [1.82, 2.24) is 14.7 Å². The maximum Gasteiger partial charge on any atom is 0.405 e. The lowest BCUT2D eigenvalue weighted by atomic mass is 9.95. The van der Waals surface area contributed by atoms with Gasteiger partial charge < -0.3 is 9.80 Å². The van der Waals surface area contributed by atoms with Crippen LogP contribution in [-0.4, -0.2) is 80.3 Å². The first kappa shape index (κ1) is 15.1. The quantitative estimate of drug-likeness (QED) is 0.758. The van der Waals surface area contributed by atoms with E-state index in [0.717, 1.165) is 32.5 Å². The molecule has 3 nitrogen and oxygen atoms in total. The summed E-state index contributed by atoms with van der Waals surface area (Å²) in [5, 5.41) is 0. The van der Waals surface area contributed by atoms with E-state index in [1.54, 1.807) is 16.8 Å². The molecule has 2 aliphatic heterocycles. The van der Waals surface area contributed by atoms with Crippen LogP contribution in [0, 0.1) is 5.92 Å². The Balaban J connectivity index is 1.93. The van der Waals surface area contributed by atoms with Crippen molar-refractivity contribution in [3.05, 3.63) is 0 Å². The second kappa shape index (κ2) is 5.97. The number of rotatable bonds is 2. The summed E-state index contributed by atoms with van der Waals surface area (Å²) >= 11 is 0. The number of piperidine rings is 1. The number of piperazine rings is 1. The third kappa shape index (κ3) is 4.07. The first-order valence-corrected chi connectivity index (χ1v) is 7.04. The maximum absolute atomic E-state index is 13.1. The van der Waals surface area contributed by atoms with E-state index in [-0.39, 0.29) is 6.54 Å². The summed E-state index contributed by atoms with van der Waals surface area (Å²) in [6.07, 6.45) is -2.07. The zero-order valence-corrected chi connectivity index (χ0v) is 11.8. The predicted octanol–water partition coefficient (Wildman–Crippen LogP) is 1.51. The number of nitrogens with zero attached hydrogens (tertiary/aromatic N) is 3. The second-order valence-electron chi connectivity index (χ2n) is 6.06. The molecule has 0 bridgehead atoms. The molecule has 112 valence electrons. The zero-order valence-electron chi connectivity index (χ0n) is 11.8. The number of likely N-dealkylation sites (N-methyl/N-ethyl adjacent to an activating group) is 1. The summed E-state index contributed by atoms with van der Waals surface area (Å²) < 4.78 is 39.3. The van der Waals surface area contributed by atoms with Crippen molar-refractivity contribution in [3.8, 4) is 0 Å². The normalized spacial score (nSPS) is 29.8. The number of halogens is 3. The molecule has 0 aliphatic carbocycles. The fourth-order valence-corrected chi connectivity index (χ4v) is 3.06. The monoisotopic (exact) mass is 279 g/mol. The molecule has 1 atom stereocenters. The number of hydrogen-bond acceptors (Lipinski definition) is 3.